The zero-order valence-electron chi connectivity index (χ0n) is 14.2. The number of thiazole rings is 1. The molecular formula is C16H23N5O2S. The van der Waals surface area contributed by atoms with E-state index in [1.54, 1.807) is 4.90 Å². The van der Waals surface area contributed by atoms with Crippen LogP contribution >= 0.6 is 11.3 Å². The molecule has 2 aromatic heterocycles. The van der Waals surface area contributed by atoms with E-state index in [9.17, 15) is 4.79 Å². The molecule has 2 aromatic rings. The number of aryl methyl sites for hydroxylation is 1. The van der Waals surface area contributed by atoms with Crippen molar-refractivity contribution in [3.63, 3.8) is 0 Å². The number of aromatic nitrogens is 3. The lowest BCUT2D eigenvalue weighted by molar-refractivity contribution is -0.0135. The summed E-state index contributed by atoms with van der Waals surface area (Å²) in [6, 6.07) is -0.129. The Morgan fingerprint density at radius 2 is 2.33 bits per heavy atom. The highest BCUT2D eigenvalue weighted by atomic mass is 32.1. The molecule has 1 N–H and O–H groups in total. The van der Waals surface area contributed by atoms with Crippen LogP contribution < -0.4 is 5.32 Å². The molecule has 3 heterocycles. The molecule has 1 aliphatic rings. The molecule has 24 heavy (non-hydrogen) atoms. The van der Waals surface area contributed by atoms with Crippen molar-refractivity contribution in [1.82, 2.24) is 19.7 Å². The van der Waals surface area contributed by atoms with Crippen molar-refractivity contribution < 1.29 is 9.53 Å². The van der Waals surface area contributed by atoms with E-state index in [0.717, 1.165) is 17.0 Å². The number of ether oxygens (including phenoxy) is 1. The molecule has 0 saturated carbocycles. The molecule has 8 heteroatoms. The van der Waals surface area contributed by atoms with Gasteiger partial charge in [-0.05, 0) is 12.8 Å². The number of carbonyl (C=O) groups excluding carboxylic acids is 1. The molecule has 0 bridgehead atoms. The van der Waals surface area contributed by atoms with Gasteiger partial charge in [-0.3, -0.25) is 10.00 Å². The Morgan fingerprint density at radius 3 is 3.00 bits per heavy atom. The van der Waals surface area contributed by atoms with Gasteiger partial charge in [-0.25, -0.2) is 9.78 Å². The van der Waals surface area contributed by atoms with Crippen LogP contribution in [0.3, 0.4) is 0 Å². The summed E-state index contributed by atoms with van der Waals surface area (Å²) in [5, 5.41) is 7.81. The first-order valence-corrected chi connectivity index (χ1v) is 9.04. The standard InChI is InChI=1S/C16H23N5O2S/c1-4-21-9-12(7-18-21)13-10-20(5-6-23-13)16(22)19-15-17-8-14(24-15)11(2)3/h7-9,11,13H,4-6,10H2,1-3H3,(H,17,19,22)/t13-/m1/s1. The van der Waals surface area contributed by atoms with E-state index in [0.29, 0.717) is 30.7 Å². The van der Waals surface area contributed by atoms with Gasteiger partial charge < -0.3 is 9.64 Å². The summed E-state index contributed by atoms with van der Waals surface area (Å²) in [4.78, 5) is 19.7. The van der Waals surface area contributed by atoms with Crippen molar-refractivity contribution in [1.29, 1.82) is 0 Å². The summed E-state index contributed by atoms with van der Waals surface area (Å²) in [5.41, 5.74) is 1.01. The predicted molar refractivity (Wildman–Crippen MR) is 93.4 cm³/mol. The van der Waals surface area contributed by atoms with Gasteiger partial charge in [0.05, 0.1) is 19.3 Å². The lowest BCUT2D eigenvalue weighted by atomic mass is 10.1. The van der Waals surface area contributed by atoms with Crippen LogP contribution in [-0.4, -0.2) is 45.4 Å². The monoisotopic (exact) mass is 349 g/mol. The maximum absolute atomic E-state index is 12.5. The number of nitrogens with zero attached hydrogens (tertiary/aromatic N) is 4. The summed E-state index contributed by atoms with van der Waals surface area (Å²) in [5.74, 6) is 0.413. The number of urea groups is 1. The van der Waals surface area contributed by atoms with Crippen molar-refractivity contribution in [3.8, 4) is 0 Å². The van der Waals surface area contributed by atoms with E-state index in [1.807, 2.05) is 30.2 Å². The Hall–Kier alpha value is -1.93. The summed E-state index contributed by atoms with van der Waals surface area (Å²) in [7, 11) is 0. The Kier molecular flexibility index (Phi) is 5.15. The van der Waals surface area contributed by atoms with Crippen LogP contribution in [-0.2, 0) is 11.3 Å². The second-order valence-electron chi connectivity index (χ2n) is 6.09. The van der Waals surface area contributed by atoms with Crippen LogP contribution in [0.2, 0.25) is 0 Å². The molecule has 0 aliphatic carbocycles. The van der Waals surface area contributed by atoms with Gasteiger partial charge in [0.15, 0.2) is 5.13 Å². The van der Waals surface area contributed by atoms with Crippen LogP contribution in [0.25, 0.3) is 0 Å². The topological polar surface area (TPSA) is 72.3 Å². The Bertz CT molecular complexity index is 696. The molecule has 2 amide bonds. The Labute approximate surface area is 145 Å². The SMILES string of the molecule is CCn1cc([C@H]2CN(C(=O)Nc3ncc(C(C)C)s3)CCO2)cn1. The molecule has 3 rings (SSSR count). The second kappa shape index (κ2) is 7.31. The van der Waals surface area contributed by atoms with Gasteiger partial charge in [-0.15, -0.1) is 11.3 Å². The number of hydrogen-bond acceptors (Lipinski definition) is 5. The van der Waals surface area contributed by atoms with Crippen molar-refractivity contribution in [2.45, 2.75) is 39.3 Å². The zero-order valence-corrected chi connectivity index (χ0v) is 15.0. The van der Waals surface area contributed by atoms with Gasteiger partial charge in [0.2, 0.25) is 0 Å². The number of carbonyl (C=O) groups is 1. The van der Waals surface area contributed by atoms with E-state index in [2.05, 4.69) is 29.2 Å². The fourth-order valence-corrected chi connectivity index (χ4v) is 3.34. The van der Waals surface area contributed by atoms with Crippen molar-refractivity contribution >= 4 is 22.5 Å². The molecule has 0 radical (unpaired) electrons. The summed E-state index contributed by atoms with van der Waals surface area (Å²) < 4.78 is 7.66. The Morgan fingerprint density at radius 1 is 1.50 bits per heavy atom. The van der Waals surface area contributed by atoms with Crippen molar-refractivity contribution in [3.05, 3.63) is 29.0 Å². The fraction of sp³-hybridized carbons (Fsp3) is 0.562. The number of rotatable bonds is 4. The molecule has 130 valence electrons. The third kappa shape index (κ3) is 3.76. The molecule has 1 fully saturated rings. The fourth-order valence-electron chi connectivity index (χ4n) is 2.54. The summed E-state index contributed by atoms with van der Waals surface area (Å²) >= 11 is 1.52. The van der Waals surface area contributed by atoms with Gasteiger partial charge in [0.1, 0.15) is 6.10 Å². The highest BCUT2D eigenvalue weighted by Crippen LogP contribution is 2.26. The van der Waals surface area contributed by atoms with Crippen LogP contribution in [0.4, 0.5) is 9.93 Å². The van der Waals surface area contributed by atoms with E-state index in [4.69, 9.17) is 4.74 Å². The molecule has 1 atom stereocenters. The molecule has 0 spiro atoms. The van der Waals surface area contributed by atoms with Gasteiger partial charge >= 0.3 is 6.03 Å². The number of amides is 2. The second-order valence-corrected chi connectivity index (χ2v) is 7.15. The van der Waals surface area contributed by atoms with Crippen LogP contribution in [0.1, 0.15) is 43.2 Å². The maximum atomic E-state index is 12.5. The van der Waals surface area contributed by atoms with E-state index in [1.165, 1.54) is 11.3 Å². The third-order valence-corrected chi connectivity index (χ3v) is 5.22. The molecular weight excluding hydrogens is 326 g/mol. The lowest BCUT2D eigenvalue weighted by Crippen LogP contribution is -2.44. The van der Waals surface area contributed by atoms with Gasteiger partial charge in [0, 0.05) is 35.9 Å². The van der Waals surface area contributed by atoms with E-state index in [-0.39, 0.29) is 12.1 Å². The number of anilines is 1. The summed E-state index contributed by atoms with van der Waals surface area (Å²) in [6.07, 6.45) is 5.48. The zero-order chi connectivity index (χ0) is 17.1. The molecule has 1 aliphatic heterocycles. The number of nitrogens with one attached hydrogen (secondary N) is 1. The van der Waals surface area contributed by atoms with Crippen LogP contribution in [0.5, 0.6) is 0 Å². The quantitative estimate of drug-likeness (QED) is 0.921. The number of hydrogen-bond donors (Lipinski definition) is 1. The average molecular weight is 349 g/mol. The highest BCUT2D eigenvalue weighted by Gasteiger charge is 2.26. The molecule has 0 unspecified atom stereocenters. The van der Waals surface area contributed by atoms with Gasteiger partial charge in [0.25, 0.3) is 0 Å². The Balaban J connectivity index is 1.62. The third-order valence-electron chi connectivity index (χ3n) is 4.01. The van der Waals surface area contributed by atoms with E-state index < -0.39 is 0 Å². The van der Waals surface area contributed by atoms with Crippen LogP contribution in [0.15, 0.2) is 18.6 Å². The smallest absolute Gasteiger partial charge is 0.323 e. The van der Waals surface area contributed by atoms with Crippen LogP contribution in [0, 0.1) is 0 Å². The molecule has 0 aromatic carbocycles. The number of morpholine rings is 1. The molecule has 1 saturated heterocycles. The minimum absolute atomic E-state index is 0.129. The van der Waals surface area contributed by atoms with Gasteiger partial charge in [-0.1, -0.05) is 13.8 Å². The highest BCUT2D eigenvalue weighted by molar-refractivity contribution is 7.15. The van der Waals surface area contributed by atoms with Crippen molar-refractivity contribution in [2.75, 3.05) is 25.0 Å². The first-order valence-electron chi connectivity index (χ1n) is 8.22. The first kappa shape index (κ1) is 16.9. The predicted octanol–water partition coefficient (Wildman–Crippen LogP) is 3.09. The van der Waals surface area contributed by atoms with Gasteiger partial charge in [-0.2, -0.15) is 5.10 Å². The molecule has 7 nitrogen and oxygen atoms in total. The maximum Gasteiger partial charge on any atom is 0.323 e. The van der Waals surface area contributed by atoms with Crippen molar-refractivity contribution in [2.24, 2.45) is 0 Å². The minimum atomic E-state index is -0.132. The van der Waals surface area contributed by atoms with E-state index >= 15 is 0 Å². The summed E-state index contributed by atoms with van der Waals surface area (Å²) in [6.45, 7) is 8.70. The largest absolute Gasteiger partial charge is 0.370 e. The first-order chi connectivity index (χ1) is 11.6. The average Bonchev–Trinajstić information content (AvgIpc) is 3.24. The normalized spacial score (nSPS) is 18.2. The lowest BCUT2D eigenvalue weighted by Gasteiger charge is -2.32. The minimum Gasteiger partial charge on any atom is -0.370 e.